The molecular weight excluding hydrogens is 321 g/mol. The lowest BCUT2D eigenvalue weighted by atomic mass is 9.77. The number of likely N-dealkylation sites (N-methyl/N-ethyl adjacent to an activating group) is 1. The maximum Gasteiger partial charge on any atom is 0.491 e. The fraction of sp³-hybridized carbons (Fsp3) is 0.471. The van der Waals surface area contributed by atoms with Crippen molar-refractivity contribution in [3.05, 3.63) is 29.2 Å². The number of hydrogen-bond donors (Lipinski definition) is 2. The molecule has 1 aliphatic rings. The average Bonchev–Trinajstić information content (AvgIpc) is 2.95. The zero-order valence-corrected chi connectivity index (χ0v) is 15.7. The van der Waals surface area contributed by atoms with Crippen molar-refractivity contribution in [2.24, 2.45) is 0 Å². The van der Waals surface area contributed by atoms with Gasteiger partial charge in [0.05, 0.1) is 21.4 Å². The van der Waals surface area contributed by atoms with Crippen molar-refractivity contribution in [2.75, 3.05) is 19.3 Å². The molecule has 0 radical (unpaired) electrons. The van der Waals surface area contributed by atoms with Gasteiger partial charge in [0.1, 0.15) is 0 Å². The Bertz CT molecular complexity index is 769. The standard InChI is InChI=1S/C17H24BN3O2S/c1-16(2)17(3,4)23-18(22-16)12(10-20-5)9-11-7-6-8-13-14(11)21-15(19)24-13/h6-9,20H,10H2,1-5H3,(H2,19,21). The molecule has 0 saturated carbocycles. The highest BCUT2D eigenvalue weighted by Crippen LogP contribution is 2.39. The van der Waals surface area contributed by atoms with Crippen molar-refractivity contribution in [1.29, 1.82) is 0 Å². The lowest BCUT2D eigenvalue weighted by Gasteiger charge is -2.32. The second-order valence-electron chi connectivity index (χ2n) is 7.08. The van der Waals surface area contributed by atoms with Crippen molar-refractivity contribution < 1.29 is 9.31 Å². The SMILES string of the molecule is CNCC(=Cc1cccc2sc(N)nc12)B1OC(C)(C)C(C)(C)O1. The lowest BCUT2D eigenvalue weighted by molar-refractivity contribution is 0.00578. The van der Waals surface area contributed by atoms with Gasteiger partial charge in [-0.3, -0.25) is 0 Å². The van der Waals surface area contributed by atoms with Crippen LogP contribution >= 0.6 is 11.3 Å². The molecule has 1 aliphatic heterocycles. The number of hydrogen-bond acceptors (Lipinski definition) is 6. The maximum absolute atomic E-state index is 6.20. The number of anilines is 1. The minimum atomic E-state index is -0.381. The van der Waals surface area contributed by atoms with Crippen LogP contribution in [0, 0.1) is 0 Å². The quantitative estimate of drug-likeness (QED) is 0.834. The molecule has 1 aromatic carbocycles. The van der Waals surface area contributed by atoms with Gasteiger partial charge < -0.3 is 20.4 Å². The molecule has 1 saturated heterocycles. The van der Waals surface area contributed by atoms with Crippen LogP contribution in [0.15, 0.2) is 23.7 Å². The summed E-state index contributed by atoms with van der Waals surface area (Å²) in [5, 5.41) is 3.78. The van der Waals surface area contributed by atoms with Gasteiger partial charge in [0.15, 0.2) is 5.13 Å². The highest BCUT2D eigenvalue weighted by atomic mass is 32.1. The smallest absolute Gasteiger partial charge is 0.400 e. The van der Waals surface area contributed by atoms with E-state index in [9.17, 15) is 0 Å². The zero-order chi connectivity index (χ0) is 17.5. The minimum absolute atomic E-state index is 0.360. The molecule has 0 amide bonds. The monoisotopic (exact) mass is 345 g/mol. The van der Waals surface area contributed by atoms with Gasteiger partial charge in [0, 0.05) is 12.1 Å². The molecule has 2 aromatic rings. The summed E-state index contributed by atoms with van der Waals surface area (Å²) < 4.78 is 13.5. The summed E-state index contributed by atoms with van der Waals surface area (Å²) in [6, 6.07) is 6.10. The van der Waals surface area contributed by atoms with Gasteiger partial charge in [-0.05, 0) is 46.3 Å². The van der Waals surface area contributed by atoms with E-state index in [1.807, 2.05) is 25.2 Å². The molecule has 24 heavy (non-hydrogen) atoms. The van der Waals surface area contributed by atoms with E-state index >= 15 is 0 Å². The Labute approximate surface area is 147 Å². The molecule has 5 nitrogen and oxygen atoms in total. The van der Waals surface area contributed by atoms with Gasteiger partial charge in [-0.25, -0.2) is 4.98 Å². The average molecular weight is 345 g/mol. The predicted octanol–water partition coefficient (Wildman–Crippen LogP) is 3.11. The molecule has 0 atom stereocenters. The molecule has 1 aromatic heterocycles. The number of aromatic nitrogens is 1. The predicted molar refractivity (Wildman–Crippen MR) is 102 cm³/mol. The molecule has 0 spiro atoms. The van der Waals surface area contributed by atoms with E-state index in [2.05, 4.69) is 44.1 Å². The number of nitrogens with two attached hydrogens (primary N) is 1. The first-order valence-corrected chi connectivity index (χ1v) is 8.91. The molecule has 128 valence electrons. The Hall–Kier alpha value is -1.41. The number of benzene rings is 1. The summed E-state index contributed by atoms with van der Waals surface area (Å²) >= 11 is 1.50. The number of rotatable bonds is 4. The van der Waals surface area contributed by atoms with Gasteiger partial charge in [0.2, 0.25) is 0 Å². The van der Waals surface area contributed by atoms with E-state index in [1.54, 1.807) is 0 Å². The number of nitrogen functional groups attached to an aromatic ring is 1. The van der Waals surface area contributed by atoms with E-state index in [1.165, 1.54) is 11.3 Å². The van der Waals surface area contributed by atoms with Crippen molar-refractivity contribution in [3.8, 4) is 0 Å². The number of fused-ring (bicyclic) bond motifs is 1. The zero-order valence-electron chi connectivity index (χ0n) is 14.8. The summed E-state index contributed by atoms with van der Waals surface area (Å²) in [5.74, 6) is 0. The Balaban J connectivity index is 2.00. The first-order chi connectivity index (χ1) is 11.2. The van der Waals surface area contributed by atoms with Crippen LogP contribution in [-0.4, -0.2) is 36.9 Å². The van der Waals surface area contributed by atoms with Crippen LogP contribution in [0.5, 0.6) is 0 Å². The Morgan fingerprint density at radius 2 is 1.96 bits per heavy atom. The lowest BCUT2D eigenvalue weighted by Crippen LogP contribution is -2.41. The molecule has 3 rings (SSSR count). The number of nitrogens with one attached hydrogen (secondary N) is 1. The van der Waals surface area contributed by atoms with Crippen LogP contribution in [0.3, 0.4) is 0 Å². The molecule has 0 aliphatic carbocycles. The van der Waals surface area contributed by atoms with Crippen molar-refractivity contribution >= 4 is 39.9 Å². The fourth-order valence-electron chi connectivity index (χ4n) is 2.70. The second-order valence-corrected chi connectivity index (χ2v) is 8.15. The molecule has 2 heterocycles. The number of nitrogens with zero attached hydrogens (tertiary/aromatic N) is 1. The topological polar surface area (TPSA) is 69.4 Å². The third-order valence-corrected chi connectivity index (χ3v) is 5.59. The number of para-hydroxylation sites is 1. The Kier molecular flexibility index (Phi) is 4.46. The van der Waals surface area contributed by atoms with Crippen molar-refractivity contribution in [2.45, 2.75) is 38.9 Å². The molecule has 7 heteroatoms. The van der Waals surface area contributed by atoms with Gasteiger partial charge in [-0.1, -0.05) is 29.5 Å². The summed E-state index contributed by atoms with van der Waals surface area (Å²) in [6.07, 6.45) is 2.10. The van der Waals surface area contributed by atoms with Crippen molar-refractivity contribution in [1.82, 2.24) is 10.3 Å². The molecular formula is C17H24BN3O2S. The second kappa shape index (κ2) is 6.15. The third-order valence-electron chi connectivity index (χ3n) is 4.74. The van der Waals surface area contributed by atoms with Crippen LogP contribution in [0.1, 0.15) is 33.3 Å². The normalized spacial score (nSPS) is 20.0. The Morgan fingerprint density at radius 3 is 2.58 bits per heavy atom. The molecule has 0 unspecified atom stereocenters. The molecule has 3 N–H and O–H groups in total. The van der Waals surface area contributed by atoms with Crippen molar-refractivity contribution in [3.63, 3.8) is 0 Å². The van der Waals surface area contributed by atoms with Crippen LogP contribution in [0.25, 0.3) is 16.3 Å². The first-order valence-electron chi connectivity index (χ1n) is 8.09. The van der Waals surface area contributed by atoms with Crippen LogP contribution in [0.4, 0.5) is 5.13 Å². The van der Waals surface area contributed by atoms with Crippen LogP contribution < -0.4 is 11.1 Å². The number of thiazole rings is 1. The van der Waals surface area contributed by atoms with E-state index in [0.717, 1.165) is 21.3 Å². The van der Waals surface area contributed by atoms with Crippen LogP contribution in [0.2, 0.25) is 0 Å². The first kappa shape index (κ1) is 17.4. The van der Waals surface area contributed by atoms with Gasteiger partial charge in [-0.2, -0.15) is 0 Å². The van der Waals surface area contributed by atoms with E-state index < -0.39 is 0 Å². The van der Waals surface area contributed by atoms with E-state index in [-0.39, 0.29) is 18.3 Å². The van der Waals surface area contributed by atoms with Gasteiger partial charge in [-0.15, -0.1) is 0 Å². The summed E-state index contributed by atoms with van der Waals surface area (Å²) in [7, 11) is 1.54. The maximum atomic E-state index is 6.20. The highest BCUT2D eigenvalue weighted by Gasteiger charge is 2.52. The molecule has 1 fully saturated rings. The highest BCUT2D eigenvalue weighted by molar-refractivity contribution is 7.22. The van der Waals surface area contributed by atoms with E-state index in [0.29, 0.717) is 11.7 Å². The third kappa shape index (κ3) is 3.09. The van der Waals surface area contributed by atoms with Crippen LogP contribution in [-0.2, 0) is 9.31 Å². The van der Waals surface area contributed by atoms with Gasteiger partial charge in [0.25, 0.3) is 0 Å². The Morgan fingerprint density at radius 1 is 1.29 bits per heavy atom. The summed E-state index contributed by atoms with van der Waals surface area (Å²) in [4.78, 5) is 4.46. The summed E-state index contributed by atoms with van der Waals surface area (Å²) in [6.45, 7) is 8.92. The largest absolute Gasteiger partial charge is 0.491 e. The summed E-state index contributed by atoms with van der Waals surface area (Å²) in [5.41, 5.74) is 8.13. The van der Waals surface area contributed by atoms with Gasteiger partial charge >= 0.3 is 7.12 Å². The molecule has 0 bridgehead atoms. The van der Waals surface area contributed by atoms with E-state index in [4.69, 9.17) is 15.0 Å². The fourth-order valence-corrected chi connectivity index (χ4v) is 3.47. The minimum Gasteiger partial charge on any atom is -0.400 e.